The number of nitrogens with zero attached hydrogens (tertiary/aromatic N) is 3. The number of aromatic amines is 1. The quantitative estimate of drug-likeness (QED) is 0.0379. The van der Waals surface area contributed by atoms with Gasteiger partial charge in [0.05, 0.1) is 16.9 Å². The molecule has 1 saturated heterocycles. The van der Waals surface area contributed by atoms with Gasteiger partial charge in [-0.3, -0.25) is 44.7 Å². The summed E-state index contributed by atoms with van der Waals surface area (Å²) < 4.78 is 0.936. The predicted octanol–water partition coefficient (Wildman–Crippen LogP) is 3.10. The van der Waals surface area contributed by atoms with Crippen LogP contribution in [0.5, 0.6) is 5.75 Å². The van der Waals surface area contributed by atoms with Gasteiger partial charge in [0, 0.05) is 31.2 Å². The fourth-order valence-corrected chi connectivity index (χ4v) is 4.53. The lowest BCUT2D eigenvalue weighted by atomic mass is 10.0. The molecule has 0 bridgehead atoms. The van der Waals surface area contributed by atoms with E-state index in [0.29, 0.717) is 23.2 Å². The SMILES string of the molecule is CC(=O)Nc1ccc(-n2c(=O)[nH]cc(C=CC(=CC=C3C(=O)NC(=O)N(c4ccc(OOC=N)cc4)C3=O)c3ccncc3)c2=O)cc1. The number of carbonyl (C=O) groups excluding carboxylic acids is 4. The molecule has 0 aliphatic carbocycles. The number of hydrogen-bond donors (Lipinski definition) is 4. The summed E-state index contributed by atoms with van der Waals surface area (Å²) in [5.41, 5.74) is 0.385. The van der Waals surface area contributed by atoms with Crippen LogP contribution in [0, 0.1) is 5.41 Å². The second-order valence-corrected chi connectivity index (χ2v) is 9.88. The Morgan fingerprint density at radius 3 is 2.29 bits per heavy atom. The number of aromatic nitrogens is 3. The van der Waals surface area contributed by atoms with Crippen molar-refractivity contribution in [1.29, 1.82) is 5.41 Å². The molecule has 0 atom stereocenters. The molecule has 2 aromatic carbocycles. The fourth-order valence-electron chi connectivity index (χ4n) is 4.53. The molecule has 4 N–H and O–H groups in total. The van der Waals surface area contributed by atoms with E-state index in [1.54, 1.807) is 30.3 Å². The molecule has 48 heavy (non-hydrogen) atoms. The highest BCUT2D eigenvalue weighted by molar-refractivity contribution is 6.37. The number of nitrogens with one attached hydrogen (secondary N) is 4. The number of benzene rings is 2. The number of rotatable bonds is 10. The van der Waals surface area contributed by atoms with Crippen molar-refractivity contribution in [2.45, 2.75) is 6.92 Å². The number of barbiturate groups is 1. The first-order valence-electron chi connectivity index (χ1n) is 14.0. The Kier molecular flexibility index (Phi) is 9.60. The van der Waals surface area contributed by atoms with Gasteiger partial charge in [0.1, 0.15) is 5.57 Å². The zero-order chi connectivity index (χ0) is 34.2. The van der Waals surface area contributed by atoms with E-state index in [1.807, 2.05) is 0 Å². The molecule has 15 nitrogen and oxygen atoms in total. The maximum absolute atomic E-state index is 13.4. The highest BCUT2D eigenvalue weighted by Crippen LogP contribution is 2.24. The zero-order valence-corrected chi connectivity index (χ0v) is 25.0. The van der Waals surface area contributed by atoms with Crippen LogP contribution in [0.2, 0.25) is 0 Å². The largest absolute Gasteiger partial charge is 0.335 e. The molecule has 5 rings (SSSR count). The lowest BCUT2D eigenvalue weighted by Crippen LogP contribution is -2.54. The number of anilines is 2. The maximum atomic E-state index is 13.4. The van der Waals surface area contributed by atoms with E-state index >= 15 is 0 Å². The Labute approximate surface area is 270 Å². The number of carbonyl (C=O) groups is 4. The molecule has 1 aliphatic heterocycles. The van der Waals surface area contributed by atoms with E-state index in [0.717, 1.165) is 9.47 Å². The van der Waals surface area contributed by atoms with Crippen LogP contribution in [0.4, 0.5) is 16.2 Å². The van der Waals surface area contributed by atoms with E-state index in [4.69, 9.17) is 10.3 Å². The summed E-state index contributed by atoms with van der Waals surface area (Å²) in [7, 11) is 0. The van der Waals surface area contributed by atoms with Crippen LogP contribution in [0.25, 0.3) is 17.3 Å². The minimum atomic E-state index is -0.955. The highest BCUT2D eigenvalue weighted by atomic mass is 17.2. The number of hydrogen-bond acceptors (Lipinski definition) is 10. The van der Waals surface area contributed by atoms with Crippen molar-refractivity contribution in [3.8, 4) is 11.4 Å². The van der Waals surface area contributed by atoms with Gasteiger partial charge in [0.25, 0.3) is 17.4 Å². The first-order valence-corrected chi connectivity index (χ1v) is 14.0. The highest BCUT2D eigenvalue weighted by Gasteiger charge is 2.36. The Balaban J connectivity index is 1.48. The van der Waals surface area contributed by atoms with Crippen molar-refractivity contribution in [2.75, 3.05) is 10.2 Å². The number of imide groups is 2. The second-order valence-electron chi connectivity index (χ2n) is 9.88. The molecule has 1 fully saturated rings. The summed E-state index contributed by atoms with van der Waals surface area (Å²) in [6, 6.07) is 14.1. The van der Waals surface area contributed by atoms with Crippen molar-refractivity contribution < 1.29 is 29.0 Å². The van der Waals surface area contributed by atoms with Gasteiger partial charge in [0.2, 0.25) is 12.3 Å². The Bertz CT molecular complexity index is 2110. The van der Waals surface area contributed by atoms with Gasteiger partial charge >= 0.3 is 11.7 Å². The third-order valence-corrected chi connectivity index (χ3v) is 6.72. The minimum absolute atomic E-state index is 0.106. The summed E-state index contributed by atoms with van der Waals surface area (Å²) in [6.45, 7) is 1.36. The first-order chi connectivity index (χ1) is 23.2. The summed E-state index contributed by atoms with van der Waals surface area (Å²) >= 11 is 0. The normalized spacial score (nSPS) is 14.2. The van der Waals surface area contributed by atoms with Crippen LogP contribution in [0.3, 0.4) is 0 Å². The van der Waals surface area contributed by atoms with Crippen molar-refractivity contribution in [1.82, 2.24) is 19.9 Å². The molecule has 240 valence electrons. The van der Waals surface area contributed by atoms with Crippen molar-refractivity contribution in [3.63, 3.8) is 0 Å². The number of urea groups is 1. The fraction of sp³-hybridized carbons (Fsp3) is 0.0303. The van der Waals surface area contributed by atoms with Crippen LogP contribution in [0.15, 0.2) is 113 Å². The minimum Gasteiger partial charge on any atom is -0.326 e. The Hall–Kier alpha value is -7.16. The topological polar surface area (TPSA) is 206 Å². The standard InChI is InChI=1S/C33H25N7O8/c1-20(41)37-24-5-7-25(8-6-24)39-30(43)23(18-36-32(39)45)3-2-21(22-14-16-35-17-15-22)4-13-28-29(42)38-33(46)40(31(28)44)26-9-11-27(12-10-26)48-47-19-34/h2-19,34H,1H3,(H,36,45)(H,37,41)(H,38,42,46). The molecule has 0 spiro atoms. The number of amides is 5. The second kappa shape index (κ2) is 14.3. The molecular weight excluding hydrogens is 622 g/mol. The van der Waals surface area contributed by atoms with Gasteiger partial charge in [-0.2, -0.15) is 0 Å². The van der Waals surface area contributed by atoms with Gasteiger partial charge in [-0.25, -0.2) is 19.1 Å². The third-order valence-electron chi connectivity index (χ3n) is 6.72. The lowest BCUT2D eigenvalue weighted by Gasteiger charge is -2.26. The van der Waals surface area contributed by atoms with E-state index in [2.05, 4.69) is 25.5 Å². The van der Waals surface area contributed by atoms with Crippen LogP contribution in [-0.4, -0.2) is 44.7 Å². The lowest BCUT2D eigenvalue weighted by molar-refractivity contribution is -0.122. The molecule has 3 heterocycles. The maximum Gasteiger partial charge on any atom is 0.335 e. The average Bonchev–Trinajstić information content (AvgIpc) is 3.07. The number of H-pyrrole nitrogens is 1. The molecule has 0 radical (unpaired) electrons. The molecule has 0 saturated carbocycles. The zero-order valence-electron chi connectivity index (χ0n) is 25.0. The molecule has 15 heteroatoms. The van der Waals surface area contributed by atoms with Gasteiger partial charge in [0.15, 0.2) is 5.75 Å². The van der Waals surface area contributed by atoms with Crippen molar-refractivity contribution in [2.24, 2.45) is 0 Å². The molecule has 5 amide bonds. The van der Waals surface area contributed by atoms with Gasteiger partial charge in [-0.05, 0) is 84.0 Å². The van der Waals surface area contributed by atoms with Gasteiger partial charge in [-0.1, -0.05) is 12.2 Å². The third kappa shape index (κ3) is 7.21. The van der Waals surface area contributed by atoms with E-state index in [-0.39, 0.29) is 34.2 Å². The van der Waals surface area contributed by atoms with Gasteiger partial charge < -0.3 is 10.3 Å². The Morgan fingerprint density at radius 1 is 0.938 bits per heavy atom. The summed E-state index contributed by atoms with van der Waals surface area (Å²) in [5.74, 6) is -1.88. The predicted molar refractivity (Wildman–Crippen MR) is 174 cm³/mol. The molecular formula is C33H25N7O8. The summed E-state index contributed by atoms with van der Waals surface area (Å²) in [4.78, 5) is 92.7. The smallest absolute Gasteiger partial charge is 0.326 e. The van der Waals surface area contributed by atoms with Crippen molar-refractivity contribution >= 4 is 53.2 Å². The van der Waals surface area contributed by atoms with Gasteiger partial charge in [-0.15, -0.1) is 0 Å². The monoisotopic (exact) mass is 647 g/mol. The average molecular weight is 648 g/mol. The number of allylic oxidation sites excluding steroid dienone is 4. The summed E-state index contributed by atoms with van der Waals surface area (Å²) in [6.07, 6.45) is 10.6. The van der Waals surface area contributed by atoms with E-state index < -0.39 is 29.1 Å². The number of pyridine rings is 1. The first kappa shape index (κ1) is 32.2. The van der Waals surface area contributed by atoms with Crippen LogP contribution >= 0.6 is 0 Å². The van der Waals surface area contributed by atoms with Crippen LogP contribution in [-0.2, 0) is 19.3 Å². The Morgan fingerprint density at radius 2 is 1.62 bits per heavy atom. The molecule has 4 aromatic rings. The van der Waals surface area contributed by atoms with E-state index in [9.17, 15) is 28.8 Å². The van der Waals surface area contributed by atoms with Crippen molar-refractivity contribution in [3.05, 3.63) is 135 Å². The molecule has 0 unspecified atom stereocenters. The van der Waals surface area contributed by atoms with Crippen LogP contribution < -0.4 is 31.7 Å². The van der Waals surface area contributed by atoms with Crippen LogP contribution in [0.1, 0.15) is 18.1 Å². The molecule has 2 aromatic heterocycles. The molecule has 1 aliphatic rings. The summed E-state index contributed by atoms with van der Waals surface area (Å²) in [5, 5.41) is 11.6. The van der Waals surface area contributed by atoms with E-state index in [1.165, 1.54) is 80.1 Å².